The van der Waals surface area contributed by atoms with Crippen molar-refractivity contribution >= 4 is 17.5 Å². The number of carbonyl (C=O) groups is 1. The topological polar surface area (TPSA) is 136 Å². The monoisotopic (exact) mass is 625 g/mol. The number of aromatic nitrogens is 7. The predicted molar refractivity (Wildman–Crippen MR) is 135 cm³/mol. The Kier molecular flexibility index (Phi) is 7.50. The lowest BCUT2D eigenvalue weighted by atomic mass is 10.1. The van der Waals surface area contributed by atoms with Crippen LogP contribution in [-0.4, -0.2) is 52.2 Å². The Morgan fingerprint density at radius 1 is 1.09 bits per heavy atom. The number of amides is 1. The Morgan fingerprint density at radius 2 is 1.79 bits per heavy atom. The standard InChI is InChI=1S/C25H18ClF6N9O2/c26-15-5-3-14(4-6-15)19-38-40(11-18-35-13-41(37-18)20-16(24(27,28)29)2-1-9-34-20)22(43)39(19)10-17(25(30,31)32)36-21(42)23(12-33)7-8-23/h1-6,9,13,17H,7-8,10-11H2,(H,36,42). The van der Waals surface area contributed by atoms with Crippen LogP contribution in [0.2, 0.25) is 5.02 Å². The number of nitrogens with one attached hydrogen (secondary N) is 1. The quantitative estimate of drug-likeness (QED) is 0.295. The lowest BCUT2D eigenvalue weighted by Crippen LogP contribution is -2.51. The van der Waals surface area contributed by atoms with Crippen molar-refractivity contribution in [2.45, 2.75) is 44.3 Å². The molecule has 3 heterocycles. The number of hydrogen-bond acceptors (Lipinski definition) is 7. The normalized spacial score (nSPS) is 15.1. The Hall–Kier alpha value is -4.72. The first-order valence-electron chi connectivity index (χ1n) is 12.4. The summed E-state index contributed by atoms with van der Waals surface area (Å²) in [5.74, 6) is -2.11. The zero-order chi connectivity index (χ0) is 31.2. The number of rotatable bonds is 8. The molecule has 0 spiro atoms. The average molecular weight is 626 g/mol. The van der Waals surface area contributed by atoms with E-state index in [0.29, 0.717) is 9.59 Å². The second-order valence-electron chi connectivity index (χ2n) is 9.62. The number of halogens is 7. The highest BCUT2D eigenvalue weighted by Crippen LogP contribution is 2.45. The number of nitrogens with zero attached hydrogens (tertiary/aromatic N) is 8. The summed E-state index contributed by atoms with van der Waals surface area (Å²) >= 11 is 5.93. The van der Waals surface area contributed by atoms with Gasteiger partial charge in [0, 0.05) is 16.8 Å². The van der Waals surface area contributed by atoms with Crippen LogP contribution in [0.4, 0.5) is 26.3 Å². The van der Waals surface area contributed by atoms with E-state index in [0.717, 1.165) is 34.0 Å². The fourth-order valence-corrected chi connectivity index (χ4v) is 4.28. The van der Waals surface area contributed by atoms with Gasteiger partial charge < -0.3 is 5.32 Å². The Morgan fingerprint density at radius 3 is 2.40 bits per heavy atom. The van der Waals surface area contributed by atoms with E-state index in [1.54, 1.807) is 6.07 Å². The first-order chi connectivity index (χ1) is 20.2. The predicted octanol–water partition coefficient (Wildman–Crippen LogP) is 3.76. The summed E-state index contributed by atoms with van der Waals surface area (Å²) in [4.78, 5) is 33.5. The van der Waals surface area contributed by atoms with E-state index in [-0.39, 0.29) is 30.1 Å². The van der Waals surface area contributed by atoms with Gasteiger partial charge in [0.15, 0.2) is 17.5 Å². The van der Waals surface area contributed by atoms with Crippen molar-refractivity contribution in [3.8, 4) is 23.3 Å². The maximum atomic E-state index is 14.1. The molecule has 1 atom stereocenters. The van der Waals surface area contributed by atoms with Crippen LogP contribution < -0.4 is 11.0 Å². The summed E-state index contributed by atoms with van der Waals surface area (Å²) in [5.41, 5.74) is -3.51. The van der Waals surface area contributed by atoms with Crippen LogP contribution in [0.5, 0.6) is 0 Å². The molecule has 11 nitrogen and oxygen atoms in total. The Labute approximate surface area is 242 Å². The van der Waals surface area contributed by atoms with Gasteiger partial charge in [-0.1, -0.05) is 11.6 Å². The molecule has 0 bridgehead atoms. The Bertz CT molecular complexity index is 1770. The van der Waals surface area contributed by atoms with Crippen LogP contribution in [0.3, 0.4) is 0 Å². The van der Waals surface area contributed by atoms with Gasteiger partial charge in [-0.3, -0.25) is 9.36 Å². The number of pyridine rings is 1. The van der Waals surface area contributed by atoms with Crippen molar-refractivity contribution in [1.29, 1.82) is 5.26 Å². The highest BCUT2D eigenvalue weighted by Gasteiger charge is 2.53. The van der Waals surface area contributed by atoms with Gasteiger partial charge in [-0.15, -0.1) is 10.2 Å². The molecule has 5 rings (SSSR count). The van der Waals surface area contributed by atoms with E-state index in [1.165, 1.54) is 24.3 Å². The van der Waals surface area contributed by atoms with Crippen LogP contribution >= 0.6 is 11.6 Å². The van der Waals surface area contributed by atoms with Crippen molar-refractivity contribution in [3.05, 3.63) is 75.8 Å². The average Bonchev–Trinajstić information content (AvgIpc) is 3.53. The van der Waals surface area contributed by atoms with Gasteiger partial charge in [0.2, 0.25) is 5.91 Å². The Balaban J connectivity index is 1.50. The molecule has 0 saturated heterocycles. The van der Waals surface area contributed by atoms with Crippen LogP contribution in [0.15, 0.2) is 53.7 Å². The molecule has 0 radical (unpaired) electrons. The molecule has 43 heavy (non-hydrogen) atoms. The summed E-state index contributed by atoms with van der Waals surface area (Å²) in [6.45, 7) is -1.63. The number of nitriles is 1. The molecule has 18 heteroatoms. The van der Waals surface area contributed by atoms with Crippen molar-refractivity contribution in [2.24, 2.45) is 5.41 Å². The van der Waals surface area contributed by atoms with E-state index in [9.17, 15) is 41.2 Å². The molecule has 1 saturated carbocycles. The fraction of sp³-hybridized carbons (Fsp3) is 0.320. The highest BCUT2D eigenvalue weighted by atomic mass is 35.5. The van der Waals surface area contributed by atoms with E-state index >= 15 is 0 Å². The summed E-state index contributed by atoms with van der Waals surface area (Å²) < 4.78 is 84.7. The minimum Gasteiger partial charge on any atom is -0.342 e. The maximum Gasteiger partial charge on any atom is 0.420 e. The molecule has 4 aromatic rings. The molecule has 1 fully saturated rings. The van der Waals surface area contributed by atoms with Crippen LogP contribution in [0.25, 0.3) is 17.2 Å². The number of hydrogen-bond donors (Lipinski definition) is 1. The van der Waals surface area contributed by atoms with Gasteiger partial charge in [0.05, 0.1) is 12.6 Å². The van der Waals surface area contributed by atoms with Gasteiger partial charge in [-0.05, 0) is 49.2 Å². The summed E-state index contributed by atoms with van der Waals surface area (Å²) in [6, 6.07) is 6.72. The third kappa shape index (κ3) is 6.09. The van der Waals surface area contributed by atoms with Crippen LogP contribution in [-0.2, 0) is 24.1 Å². The first-order valence-corrected chi connectivity index (χ1v) is 12.8. The lowest BCUT2D eigenvalue weighted by Gasteiger charge is -2.23. The van der Waals surface area contributed by atoms with Crippen LogP contribution in [0, 0.1) is 16.7 Å². The minimum absolute atomic E-state index is 0.108. The number of alkyl halides is 6. The second kappa shape index (κ2) is 10.8. The fourth-order valence-electron chi connectivity index (χ4n) is 4.15. The second-order valence-corrected chi connectivity index (χ2v) is 10.1. The van der Waals surface area contributed by atoms with Crippen molar-refractivity contribution in [2.75, 3.05) is 0 Å². The zero-order valence-electron chi connectivity index (χ0n) is 21.6. The third-order valence-electron chi connectivity index (χ3n) is 6.63. The molecule has 224 valence electrons. The summed E-state index contributed by atoms with van der Waals surface area (Å²) in [6.07, 6.45) is -7.50. The molecular weight excluding hydrogens is 608 g/mol. The number of carbonyl (C=O) groups excluding carboxylic acids is 1. The largest absolute Gasteiger partial charge is 0.420 e. The first kappa shape index (κ1) is 29.8. The summed E-state index contributed by atoms with van der Waals surface area (Å²) in [5, 5.41) is 19.4. The minimum atomic E-state index is -5.01. The van der Waals surface area contributed by atoms with Crippen LogP contribution in [0.1, 0.15) is 24.2 Å². The molecule has 1 N–H and O–H groups in total. The van der Waals surface area contributed by atoms with Crippen molar-refractivity contribution in [1.82, 2.24) is 39.4 Å². The lowest BCUT2D eigenvalue weighted by molar-refractivity contribution is -0.165. The zero-order valence-corrected chi connectivity index (χ0v) is 22.3. The smallest absolute Gasteiger partial charge is 0.342 e. The molecule has 3 aromatic heterocycles. The molecule has 1 aliphatic rings. The molecule has 1 amide bonds. The maximum absolute atomic E-state index is 14.1. The molecular formula is C25H18ClF6N9O2. The van der Waals surface area contributed by atoms with E-state index in [1.807, 2.05) is 5.32 Å². The van der Waals surface area contributed by atoms with Gasteiger partial charge >= 0.3 is 18.0 Å². The van der Waals surface area contributed by atoms with Gasteiger partial charge in [-0.2, -0.15) is 31.6 Å². The van der Waals surface area contributed by atoms with Gasteiger partial charge in [0.25, 0.3) is 0 Å². The molecule has 1 unspecified atom stereocenters. The number of benzene rings is 1. The van der Waals surface area contributed by atoms with Gasteiger partial charge in [-0.25, -0.2) is 24.1 Å². The highest BCUT2D eigenvalue weighted by molar-refractivity contribution is 6.30. The van der Waals surface area contributed by atoms with E-state index < -0.39 is 59.9 Å². The van der Waals surface area contributed by atoms with E-state index in [2.05, 4.69) is 20.2 Å². The van der Waals surface area contributed by atoms with E-state index in [4.69, 9.17) is 11.6 Å². The SMILES string of the molecule is N#CC1(C(=O)NC(Cn2c(-c3ccc(Cl)cc3)nn(Cc3ncn(-c4ncccc4C(F)(F)F)n3)c2=O)C(F)(F)F)CC1. The van der Waals surface area contributed by atoms with Gasteiger partial charge in [0.1, 0.15) is 29.9 Å². The third-order valence-corrected chi connectivity index (χ3v) is 6.88. The molecule has 0 aliphatic heterocycles. The molecule has 1 aliphatic carbocycles. The molecule has 1 aromatic carbocycles. The summed E-state index contributed by atoms with van der Waals surface area (Å²) in [7, 11) is 0. The van der Waals surface area contributed by atoms with Crippen molar-refractivity contribution < 1.29 is 31.1 Å². The van der Waals surface area contributed by atoms with Crippen molar-refractivity contribution in [3.63, 3.8) is 0 Å².